The number of nitrogens with one attached hydrogen (secondary N) is 1. The second-order valence-electron chi connectivity index (χ2n) is 12.6. The standard InChI is InChI=1S/C18H29NO3S.C13H17NO3S.C5H11.BrH.Mg/c1-6-7-8-9-16(19-23(21)18(2,3)4)14-10-12-15(13-11-14)17(20)22-5;1-13(2,3)18(16)14-9-10-5-7-11(8-6-10)12(15)17-4;1-3-5-4-2;;/h10-13,16,19H,6-9H2,1-5H3;5-9H,1-4H3;1,3-5H2,2H3;1H;/q;;-1;;+2/p-1/t16-,23+;18-;;;/m10.../s1. The third kappa shape index (κ3) is 21.6. The molecule has 2 rings (SSSR count). The summed E-state index contributed by atoms with van der Waals surface area (Å²) in [6.45, 7) is 19.5. The van der Waals surface area contributed by atoms with Gasteiger partial charge in [-0.15, -0.1) is 0 Å². The fourth-order valence-corrected chi connectivity index (χ4v) is 4.91. The molecular weight excluding hydrogens is 725 g/mol. The van der Waals surface area contributed by atoms with E-state index in [0.29, 0.717) is 11.1 Å². The van der Waals surface area contributed by atoms with Crippen LogP contribution in [0.1, 0.15) is 138 Å². The summed E-state index contributed by atoms with van der Waals surface area (Å²) >= 11 is 0. The van der Waals surface area contributed by atoms with E-state index in [2.05, 4.69) is 34.6 Å². The first-order chi connectivity index (χ1) is 21.5. The first-order valence-corrected chi connectivity index (χ1v) is 18.1. The van der Waals surface area contributed by atoms with Crippen molar-refractivity contribution in [2.45, 2.75) is 116 Å². The zero-order chi connectivity index (χ0) is 35.3. The van der Waals surface area contributed by atoms with E-state index in [1.54, 1.807) is 42.6 Å². The van der Waals surface area contributed by atoms with Gasteiger partial charge in [0.15, 0.2) is 0 Å². The van der Waals surface area contributed by atoms with Gasteiger partial charge < -0.3 is 33.4 Å². The summed E-state index contributed by atoms with van der Waals surface area (Å²) in [4.78, 5) is 22.7. The number of methoxy groups -OCH3 is 2. The van der Waals surface area contributed by atoms with Gasteiger partial charge in [0.2, 0.25) is 0 Å². The predicted octanol–water partition coefficient (Wildman–Crippen LogP) is 5.13. The van der Waals surface area contributed by atoms with E-state index in [4.69, 9.17) is 4.74 Å². The maximum absolute atomic E-state index is 12.4. The molecule has 0 radical (unpaired) electrons. The average Bonchev–Trinajstić information content (AvgIpc) is 3.02. The van der Waals surface area contributed by atoms with Gasteiger partial charge in [-0.05, 0) is 83.4 Å². The molecule has 0 spiro atoms. The number of hydrogen-bond donors (Lipinski definition) is 1. The van der Waals surface area contributed by atoms with Crippen LogP contribution < -0.4 is 21.7 Å². The molecule has 8 nitrogen and oxygen atoms in total. The summed E-state index contributed by atoms with van der Waals surface area (Å²) in [5.41, 5.74) is 2.85. The van der Waals surface area contributed by atoms with Crippen molar-refractivity contribution >= 4 is 63.2 Å². The largest absolute Gasteiger partial charge is 2.00 e. The molecule has 268 valence electrons. The van der Waals surface area contributed by atoms with Gasteiger partial charge in [-0.2, -0.15) is 10.8 Å². The number of unbranched alkanes of at least 4 members (excludes halogenated alkanes) is 4. The monoisotopic (exact) mass is 780 g/mol. The Bertz CT molecular complexity index is 1240. The summed E-state index contributed by atoms with van der Waals surface area (Å²) in [6, 6.07) is 14.1. The molecule has 2 aromatic rings. The first kappa shape index (κ1) is 50.9. The van der Waals surface area contributed by atoms with E-state index >= 15 is 0 Å². The fourth-order valence-electron chi connectivity index (χ4n) is 3.51. The molecule has 1 N–H and O–H groups in total. The van der Waals surface area contributed by atoms with E-state index in [9.17, 15) is 18.0 Å². The number of nitrogens with zero attached hydrogens (tertiary/aromatic N) is 1. The van der Waals surface area contributed by atoms with Gasteiger partial charge in [-0.1, -0.05) is 70.2 Å². The van der Waals surface area contributed by atoms with Gasteiger partial charge in [0, 0.05) is 12.3 Å². The molecule has 0 aromatic heterocycles. The molecule has 0 fully saturated rings. The minimum Gasteiger partial charge on any atom is -1.00 e. The minimum atomic E-state index is -1.28. The van der Waals surface area contributed by atoms with E-state index in [-0.39, 0.29) is 67.5 Å². The number of benzene rings is 2. The quantitative estimate of drug-likeness (QED) is 0.0993. The predicted molar refractivity (Wildman–Crippen MR) is 200 cm³/mol. The third-order valence-electron chi connectivity index (χ3n) is 6.39. The molecular formula is C36H57BrMgN2O6S2. The SMILES string of the molecule is CCCCC[C@@H](N[S@@](=O)C(C)(C)C)c1ccc(C(=O)OC)cc1.COC(=O)c1ccc(C=N[S@@](=O)C(C)(C)C)cc1.[Br-].[CH2-]CCCC.[Mg+2]. The molecule has 0 amide bonds. The number of rotatable bonds is 13. The van der Waals surface area contributed by atoms with Crippen LogP contribution in [-0.2, 0) is 31.4 Å². The van der Waals surface area contributed by atoms with E-state index in [1.165, 1.54) is 27.1 Å². The van der Waals surface area contributed by atoms with Gasteiger partial charge in [-0.3, -0.25) is 0 Å². The topological polar surface area (TPSA) is 111 Å². The Morgan fingerprint density at radius 3 is 1.62 bits per heavy atom. The van der Waals surface area contributed by atoms with Crippen LogP contribution in [0, 0.1) is 6.92 Å². The molecule has 2 aromatic carbocycles. The van der Waals surface area contributed by atoms with Gasteiger partial charge >= 0.3 is 35.0 Å². The van der Waals surface area contributed by atoms with Crippen LogP contribution in [0.3, 0.4) is 0 Å². The number of carbonyl (C=O) groups is 2. The van der Waals surface area contributed by atoms with Crippen molar-refractivity contribution in [3.63, 3.8) is 0 Å². The van der Waals surface area contributed by atoms with Crippen LogP contribution in [0.2, 0.25) is 0 Å². The molecule has 0 aliphatic rings. The minimum absolute atomic E-state index is 0. The van der Waals surface area contributed by atoms with Crippen molar-refractivity contribution in [1.82, 2.24) is 4.72 Å². The number of hydrogen-bond acceptors (Lipinski definition) is 6. The Hall–Kier alpha value is -1.44. The second-order valence-corrected chi connectivity index (χ2v) is 16.5. The maximum Gasteiger partial charge on any atom is 2.00 e. The van der Waals surface area contributed by atoms with Crippen molar-refractivity contribution in [3.8, 4) is 0 Å². The van der Waals surface area contributed by atoms with Gasteiger partial charge in [0.1, 0.15) is 11.0 Å². The van der Waals surface area contributed by atoms with Crippen molar-refractivity contribution < 1.29 is 44.5 Å². The normalized spacial score (nSPS) is 12.8. The Labute approximate surface area is 322 Å². The van der Waals surface area contributed by atoms with Crippen LogP contribution in [0.5, 0.6) is 0 Å². The zero-order valence-corrected chi connectivity index (χ0v) is 35.4. The fraction of sp³-hybridized carbons (Fsp3) is 0.556. The van der Waals surface area contributed by atoms with Crippen molar-refractivity contribution in [3.05, 3.63) is 77.7 Å². The average molecular weight is 782 g/mol. The molecule has 0 bridgehead atoms. The number of esters is 2. The summed E-state index contributed by atoms with van der Waals surface area (Å²) in [7, 11) is 0.304. The molecule has 0 aliphatic carbocycles. The molecule has 0 aliphatic heterocycles. The van der Waals surface area contributed by atoms with Crippen molar-refractivity contribution in [2.75, 3.05) is 14.2 Å². The molecule has 0 unspecified atom stereocenters. The van der Waals surface area contributed by atoms with Crippen LogP contribution in [0.25, 0.3) is 0 Å². The van der Waals surface area contributed by atoms with Crippen LogP contribution >= 0.6 is 0 Å². The van der Waals surface area contributed by atoms with Gasteiger partial charge in [0.05, 0.1) is 45.8 Å². The molecule has 3 atom stereocenters. The number of halogens is 1. The van der Waals surface area contributed by atoms with Gasteiger partial charge in [0.25, 0.3) is 0 Å². The molecule has 12 heteroatoms. The third-order valence-corrected chi connectivity index (χ3v) is 9.35. The molecule has 48 heavy (non-hydrogen) atoms. The summed E-state index contributed by atoms with van der Waals surface area (Å²) in [5.74, 6) is -0.720. The van der Waals surface area contributed by atoms with Gasteiger partial charge in [-0.25, -0.2) is 22.7 Å². The molecule has 0 heterocycles. The summed E-state index contributed by atoms with van der Waals surface area (Å²) in [5, 5.41) is 0. The van der Waals surface area contributed by atoms with E-state index in [1.807, 2.05) is 53.7 Å². The van der Waals surface area contributed by atoms with Crippen molar-refractivity contribution in [1.29, 1.82) is 0 Å². The Balaban J connectivity index is -0.000000726. The maximum atomic E-state index is 12.4. The summed E-state index contributed by atoms with van der Waals surface area (Å²) < 4.78 is 40.0. The smallest absolute Gasteiger partial charge is 1.00 e. The van der Waals surface area contributed by atoms with E-state index in [0.717, 1.165) is 43.2 Å². The van der Waals surface area contributed by atoms with Crippen LogP contribution in [0.15, 0.2) is 52.9 Å². The molecule has 0 saturated carbocycles. The second kappa shape index (κ2) is 27.3. The van der Waals surface area contributed by atoms with Crippen LogP contribution in [0.4, 0.5) is 0 Å². The number of carbonyl (C=O) groups excluding carboxylic acids is 2. The number of ether oxygens (including phenoxy) is 2. The molecule has 0 saturated heterocycles. The Morgan fingerprint density at radius 1 is 0.812 bits per heavy atom. The summed E-state index contributed by atoms with van der Waals surface area (Å²) in [6.07, 6.45) is 9.50. The first-order valence-electron chi connectivity index (χ1n) is 15.9. The Kier molecular flexibility index (Phi) is 29.0. The zero-order valence-electron chi connectivity index (χ0n) is 30.7. The Morgan fingerprint density at radius 2 is 1.27 bits per heavy atom. The van der Waals surface area contributed by atoms with E-state index < -0.39 is 22.0 Å². The van der Waals surface area contributed by atoms with Crippen LogP contribution in [-0.4, -0.2) is 73.3 Å². The van der Waals surface area contributed by atoms with Crippen molar-refractivity contribution in [2.24, 2.45) is 4.40 Å².